The predicted octanol–water partition coefficient (Wildman–Crippen LogP) is 0.647. The number of rotatable bonds is 6. The van der Waals surface area contributed by atoms with Crippen LogP contribution in [0.1, 0.15) is 19.8 Å². The zero-order valence-corrected chi connectivity index (χ0v) is 8.89. The molecule has 0 aromatic carbocycles. The van der Waals surface area contributed by atoms with Crippen molar-refractivity contribution < 1.29 is 4.79 Å². The number of carbonyl (C=O) groups excluding carboxylic acids is 1. The van der Waals surface area contributed by atoms with Gasteiger partial charge in [0.25, 0.3) is 0 Å². The summed E-state index contributed by atoms with van der Waals surface area (Å²) in [5, 5.41) is 5.57. The molecule has 0 spiro atoms. The van der Waals surface area contributed by atoms with E-state index in [2.05, 4.69) is 17.6 Å². The number of urea groups is 1. The number of unbranched alkanes of at least 4 members (excludes halogenated alkanes) is 1. The number of hydrogen-bond donors (Lipinski definition) is 2. The molecule has 0 saturated heterocycles. The lowest BCUT2D eigenvalue weighted by atomic mass is 10.3. The summed E-state index contributed by atoms with van der Waals surface area (Å²) in [6, 6.07) is -0.0599. The largest absolute Gasteiger partial charge is 0.338 e. The van der Waals surface area contributed by atoms with Crippen molar-refractivity contribution in [1.29, 1.82) is 0 Å². The van der Waals surface area contributed by atoms with Gasteiger partial charge in [-0.3, -0.25) is 0 Å². The van der Waals surface area contributed by atoms with Gasteiger partial charge in [0.15, 0.2) is 0 Å². The molecule has 0 radical (unpaired) electrons. The Morgan fingerprint density at radius 1 is 1.23 bits per heavy atom. The maximum atomic E-state index is 11.1. The highest BCUT2D eigenvalue weighted by Gasteiger charge is 1.97. The van der Waals surface area contributed by atoms with Crippen LogP contribution in [-0.4, -0.2) is 44.7 Å². The first-order valence-electron chi connectivity index (χ1n) is 4.83. The Kier molecular flexibility index (Phi) is 7.39. The molecule has 0 aromatic rings. The zero-order chi connectivity index (χ0) is 10.1. The second-order valence-corrected chi connectivity index (χ2v) is 3.34. The molecule has 4 heteroatoms. The summed E-state index contributed by atoms with van der Waals surface area (Å²) in [5.74, 6) is 0. The quantitative estimate of drug-likeness (QED) is 0.600. The minimum atomic E-state index is -0.0599. The summed E-state index contributed by atoms with van der Waals surface area (Å²) in [4.78, 5) is 13.1. The van der Waals surface area contributed by atoms with Gasteiger partial charge in [0.1, 0.15) is 0 Å². The summed E-state index contributed by atoms with van der Waals surface area (Å²) >= 11 is 0. The van der Waals surface area contributed by atoms with E-state index in [0.29, 0.717) is 6.54 Å². The molecular weight excluding hydrogens is 166 g/mol. The first-order valence-corrected chi connectivity index (χ1v) is 4.83. The van der Waals surface area contributed by atoms with Crippen molar-refractivity contribution in [3.63, 3.8) is 0 Å². The Hall–Kier alpha value is -0.770. The monoisotopic (exact) mass is 187 g/mol. The third-order valence-corrected chi connectivity index (χ3v) is 1.66. The zero-order valence-electron chi connectivity index (χ0n) is 8.89. The van der Waals surface area contributed by atoms with Crippen molar-refractivity contribution in [2.45, 2.75) is 19.8 Å². The summed E-state index contributed by atoms with van der Waals surface area (Å²) in [7, 11) is 3.97. The lowest BCUT2D eigenvalue weighted by Crippen LogP contribution is -2.39. The van der Waals surface area contributed by atoms with Crippen molar-refractivity contribution in [2.75, 3.05) is 33.7 Å². The van der Waals surface area contributed by atoms with Gasteiger partial charge in [-0.25, -0.2) is 4.79 Å². The molecule has 2 amide bonds. The van der Waals surface area contributed by atoms with Gasteiger partial charge in [-0.1, -0.05) is 13.3 Å². The molecule has 0 bridgehead atoms. The highest BCUT2D eigenvalue weighted by atomic mass is 16.2. The van der Waals surface area contributed by atoms with Crippen LogP contribution in [0.4, 0.5) is 4.79 Å². The van der Waals surface area contributed by atoms with Crippen LogP contribution in [0.3, 0.4) is 0 Å². The average molecular weight is 187 g/mol. The number of amides is 2. The van der Waals surface area contributed by atoms with Crippen molar-refractivity contribution in [3.05, 3.63) is 0 Å². The van der Waals surface area contributed by atoms with Crippen LogP contribution in [0, 0.1) is 0 Å². The van der Waals surface area contributed by atoms with Crippen molar-refractivity contribution >= 4 is 6.03 Å². The van der Waals surface area contributed by atoms with Gasteiger partial charge in [0.05, 0.1) is 0 Å². The molecule has 2 N–H and O–H groups in total. The summed E-state index contributed by atoms with van der Waals surface area (Å²) < 4.78 is 0. The SMILES string of the molecule is CCCCNC(=O)NCCN(C)C. The van der Waals surface area contributed by atoms with Crippen LogP contribution < -0.4 is 10.6 Å². The van der Waals surface area contributed by atoms with Crippen LogP contribution >= 0.6 is 0 Å². The lowest BCUT2D eigenvalue weighted by Gasteiger charge is -2.10. The summed E-state index contributed by atoms with van der Waals surface area (Å²) in [5.41, 5.74) is 0. The number of nitrogens with zero attached hydrogens (tertiary/aromatic N) is 1. The maximum absolute atomic E-state index is 11.1. The minimum Gasteiger partial charge on any atom is -0.338 e. The van der Waals surface area contributed by atoms with E-state index in [1.807, 2.05) is 19.0 Å². The molecule has 0 aromatic heterocycles. The Labute approximate surface area is 80.7 Å². The first-order chi connectivity index (χ1) is 6.16. The third-order valence-electron chi connectivity index (χ3n) is 1.66. The normalized spacial score (nSPS) is 10.2. The number of nitrogens with one attached hydrogen (secondary N) is 2. The molecule has 0 fully saturated rings. The van der Waals surface area contributed by atoms with E-state index in [4.69, 9.17) is 0 Å². The third kappa shape index (κ3) is 9.14. The molecule has 13 heavy (non-hydrogen) atoms. The standard InChI is InChI=1S/C9H21N3O/c1-4-5-6-10-9(13)11-7-8-12(2)3/h4-8H2,1-3H3,(H2,10,11,13). The van der Waals surface area contributed by atoms with Crippen molar-refractivity contribution in [1.82, 2.24) is 15.5 Å². The van der Waals surface area contributed by atoms with Crippen LogP contribution in [0.25, 0.3) is 0 Å². The topological polar surface area (TPSA) is 44.4 Å². The van der Waals surface area contributed by atoms with Crippen LogP contribution in [0.5, 0.6) is 0 Å². The number of hydrogen-bond acceptors (Lipinski definition) is 2. The van der Waals surface area contributed by atoms with Gasteiger partial charge in [-0.15, -0.1) is 0 Å². The van der Waals surface area contributed by atoms with Gasteiger partial charge < -0.3 is 15.5 Å². The smallest absolute Gasteiger partial charge is 0.314 e. The molecule has 0 aliphatic heterocycles. The second-order valence-electron chi connectivity index (χ2n) is 3.34. The van der Waals surface area contributed by atoms with Gasteiger partial charge >= 0.3 is 6.03 Å². The number of carbonyl (C=O) groups is 1. The van der Waals surface area contributed by atoms with E-state index in [9.17, 15) is 4.79 Å². The van der Waals surface area contributed by atoms with Crippen molar-refractivity contribution in [2.24, 2.45) is 0 Å². The fourth-order valence-corrected chi connectivity index (χ4v) is 0.834. The Bertz CT molecular complexity index is 137. The molecule has 78 valence electrons. The van der Waals surface area contributed by atoms with E-state index in [-0.39, 0.29) is 6.03 Å². The van der Waals surface area contributed by atoms with E-state index >= 15 is 0 Å². The van der Waals surface area contributed by atoms with Crippen LogP contribution in [-0.2, 0) is 0 Å². The van der Waals surface area contributed by atoms with E-state index in [0.717, 1.165) is 25.9 Å². The van der Waals surface area contributed by atoms with E-state index in [1.165, 1.54) is 0 Å². The Balaban J connectivity index is 3.20. The van der Waals surface area contributed by atoms with Gasteiger partial charge in [0, 0.05) is 19.6 Å². The average Bonchev–Trinajstić information content (AvgIpc) is 2.04. The Morgan fingerprint density at radius 2 is 1.85 bits per heavy atom. The fraction of sp³-hybridized carbons (Fsp3) is 0.889. The molecule has 0 unspecified atom stereocenters. The lowest BCUT2D eigenvalue weighted by molar-refractivity contribution is 0.239. The highest BCUT2D eigenvalue weighted by molar-refractivity contribution is 5.73. The molecular formula is C9H21N3O. The second kappa shape index (κ2) is 7.86. The Morgan fingerprint density at radius 3 is 2.38 bits per heavy atom. The van der Waals surface area contributed by atoms with Gasteiger partial charge in [-0.05, 0) is 20.5 Å². The molecule has 4 nitrogen and oxygen atoms in total. The highest BCUT2D eigenvalue weighted by Crippen LogP contribution is 1.81. The molecule has 0 aliphatic rings. The minimum absolute atomic E-state index is 0.0599. The van der Waals surface area contributed by atoms with E-state index < -0.39 is 0 Å². The van der Waals surface area contributed by atoms with Gasteiger partial charge in [-0.2, -0.15) is 0 Å². The van der Waals surface area contributed by atoms with Gasteiger partial charge in [0.2, 0.25) is 0 Å². The predicted molar refractivity (Wildman–Crippen MR) is 54.9 cm³/mol. The molecule has 0 atom stereocenters. The molecule has 0 saturated carbocycles. The number of likely N-dealkylation sites (N-methyl/N-ethyl adjacent to an activating group) is 1. The maximum Gasteiger partial charge on any atom is 0.314 e. The summed E-state index contributed by atoms with van der Waals surface area (Å²) in [6.45, 7) is 4.45. The van der Waals surface area contributed by atoms with Crippen molar-refractivity contribution in [3.8, 4) is 0 Å². The van der Waals surface area contributed by atoms with Crippen LogP contribution in [0.2, 0.25) is 0 Å². The molecule has 0 rings (SSSR count). The molecule has 0 heterocycles. The van der Waals surface area contributed by atoms with Crippen LogP contribution in [0.15, 0.2) is 0 Å². The summed E-state index contributed by atoms with van der Waals surface area (Å²) in [6.07, 6.45) is 2.15. The molecule has 0 aliphatic carbocycles. The fourth-order valence-electron chi connectivity index (χ4n) is 0.834. The van der Waals surface area contributed by atoms with E-state index in [1.54, 1.807) is 0 Å². The first kappa shape index (κ1) is 12.2.